The molecule has 0 unspecified atom stereocenters. The summed E-state index contributed by atoms with van der Waals surface area (Å²) in [7, 11) is 1.73. The van der Waals surface area contributed by atoms with Gasteiger partial charge in [0.25, 0.3) is 0 Å². The molecule has 0 bridgehead atoms. The van der Waals surface area contributed by atoms with Crippen LogP contribution in [0.5, 0.6) is 0 Å². The minimum Gasteiger partial charge on any atom is -0.378 e. The van der Waals surface area contributed by atoms with Crippen LogP contribution in [0.25, 0.3) is 0 Å². The molecule has 0 aromatic heterocycles. The number of piperidine rings is 1. The third-order valence-electron chi connectivity index (χ3n) is 9.14. The number of hydrogen-bond donors (Lipinski definition) is 0. The average molecular weight is 602 g/mol. The van der Waals surface area contributed by atoms with Gasteiger partial charge in [-0.2, -0.15) is 26.3 Å². The molecule has 2 aromatic rings. The summed E-state index contributed by atoms with van der Waals surface area (Å²) in [6.07, 6.45) is -9.04. The number of benzene rings is 2. The molecule has 0 aliphatic carbocycles. The summed E-state index contributed by atoms with van der Waals surface area (Å²) in [6, 6.07) is 11.2. The molecule has 5 atom stereocenters. The van der Waals surface area contributed by atoms with E-state index >= 15 is 0 Å². The number of alkyl halides is 6. The number of ether oxygens (including phenoxy) is 4. The number of nitrogens with zero attached hydrogens (tertiary/aromatic N) is 1. The largest absolute Gasteiger partial charge is 0.416 e. The van der Waals surface area contributed by atoms with Gasteiger partial charge in [-0.1, -0.05) is 30.3 Å². The second-order valence-corrected chi connectivity index (χ2v) is 11.7. The molecule has 11 heteroatoms. The van der Waals surface area contributed by atoms with Crippen molar-refractivity contribution >= 4 is 0 Å². The van der Waals surface area contributed by atoms with Gasteiger partial charge in [-0.3, -0.25) is 0 Å². The predicted molar refractivity (Wildman–Crippen MR) is 143 cm³/mol. The number of methoxy groups -OCH3 is 1. The average Bonchev–Trinajstić information content (AvgIpc) is 3.35. The highest BCUT2D eigenvalue weighted by Crippen LogP contribution is 2.44. The van der Waals surface area contributed by atoms with Gasteiger partial charge in [-0.15, -0.1) is 0 Å². The van der Waals surface area contributed by atoms with Crippen molar-refractivity contribution in [2.45, 2.75) is 63.0 Å². The quantitative estimate of drug-likeness (QED) is 0.318. The highest BCUT2D eigenvalue weighted by atomic mass is 19.4. The first-order chi connectivity index (χ1) is 19.9. The number of likely N-dealkylation sites (tertiary alicyclic amines) is 1. The molecule has 0 N–H and O–H groups in total. The monoisotopic (exact) mass is 601 g/mol. The van der Waals surface area contributed by atoms with Crippen molar-refractivity contribution in [2.75, 3.05) is 46.6 Å². The van der Waals surface area contributed by atoms with E-state index in [4.69, 9.17) is 18.9 Å². The first-order valence-corrected chi connectivity index (χ1v) is 14.3. The van der Waals surface area contributed by atoms with Crippen LogP contribution >= 0.6 is 0 Å². The van der Waals surface area contributed by atoms with Crippen LogP contribution in [0.15, 0.2) is 48.5 Å². The fourth-order valence-corrected chi connectivity index (χ4v) is 6.70. The standard InChI is InChI=1S/C31H37F6NO4/c1-20(23-14-24(30(32,33)34)16-25(15-23)31(35,36)37)42-28-27(21-6-4-3-5-7-21)22(8-13-41-28)17-38-11-9-29(10-12-38)19-40-18-26(29)39-2/h3-7,14-16,20,22,26-28H,8-13,17-19H2,1-2H3/t20-,22+,26+,27+,28-/m1/s1. The number of hydrogen-bond acceptors (Lipinski definition) is 5. The Morgan fingerprint density at radius 1 is 0.976 bits per heavy atom. The zero-order valence-corrected chi connectivity index (χ0v) is 23.7. The van der Waals surface area contributed by atoms with E-state index in [1.807, 2.05) is 30.3 Å². The molecule has 5 nitrogen and oxygen atoms in total. The summed E-state index contributed by atoms with van der Waals surface area (Å²) in [6.45, 7) is 5.68. The molecule has 3 fully saturated rings. The molecular formula is C31H37F6NO4. The fraction of sp³-hybridized carbons (Fsp3) is 0.613. The molecule has 3 aliphatic heterocycles. The van der Waals surface area contributed by atoms with Gasteiger partial charge in [0.15, 0.2) is 6.29 Å². The summed E-state index contributed by atoms with van der Waals surface area (Å²) in [4.78, 5) is 2.42. The molecule has 3 aliphatic rings. The van der Waals surface area contributed by atoms with Crippen LogP contribution in [-0.4, -0.2) is 63.9 Å². The lowest BCUT2D eigenvalue weighted by atomic mass is 9.75. The van der Waals surface area contributed by atoms with E-state index in [9.17, 15) is 26.3 Å². The minimum absolute atomic E-state index is 0.0288. The maximum atomic E-state index is 13.5. The van der Waals surface area contributed by atoms with Gasteiger partial charge in [0.05, 0.1) is 43.2 Å². The first-order valence-electron chi connectivity index (χ1n) is 14.3. The smallest absolute Gasteiger partial charge is 0.378 e. The molecule has 0 amide bonds. The van der Waals surface area contributed by atoms with Crippen molar-refractivity contribution < 1.29 is 45.3 Å². The van der Waals surface area contributed by atoms with Crippen molar-refractivity contribution in [2.24, 2.45) is 11.3 Å². The predicted octanol–water partition coefficient (Wildman–Crippen LogP) is 7.08. The topological polar surface area (TPSA) is 40.2 Å². The molecule has 42 heavy (non-hydrogen) atoms. The Bertz CT molecular complexity index is 1150. The molecule has 3 heterocycles. The normalized spacial score (nSPS) is 27.8. The van der Waals surface area contributed by atoms with Crippen LogP contribution in [0.3, 0.4) is 0 Å². The van der Waals surface area contributed by atoms with Crippen LogP contribution in [-0.2, 0) is 31.3 Å². The zero-order valence-electron chi connectivity index (χ0n) is 23.7. The Kier molecular flexibility index (Phi) is 9.25. The fourth-order valence-electron chi connectivity index (χ4n) is 6.70. The van der Waals surface area contributed by atoms with Gasteiger partial charge in [0.1, 0.15) is 0 Å². The van der Waals surface area contributed by atoms with Crippen molar-refractivity contribution in [3.05, 3.63) is 70.8 Å². The molecule has 232 valence electrons. The van der Waals surface area contributed by atoms with Crippen LogP contribution in [0.2, 0.25) is 0 Å². The Morgan fingerprint density at radius 2 is 1.62 bits per heavy atom. The highest BCUT2D eigenvalue weighted by Gasteiger charge is 2.47. The summed E-state index contributed by atoms with van der Waals surface area (Å²) < 4.78 is 105. The number of rotatable bonds is 7. The maximum Gasteiger partial charge on any atom is 0.416 e. The SMILES string of the molecule is CO[C@H]1COCC12CCN(C[C@@H]1CCO[C@H](O[C@H](C)c3cc(C(F)(F)F)cc(C(F)(F)F)c3)[C@H]1c1ccccc1)CC2. The van der Waals surface area contributed by atoms with Crippen molar-refractivity contribution in [1.29, 1.82) is 0 Å². The molecule has 2 aromatic carbocycles. The maximum absolute atomic E-state index is 13.5. The van der Waals surface area contributed by atoms with E-state index in [0.717, 1.165) is 56.6 Å². The zero-order chi connectivity index (χ0) is 30.1. The van der Waals surface area contributed by atoms with Crippen LogP contribution in [0, 0.1) is 11.3 Å². The van der Waals surface area contributed by atoms with Gasteiger partial charge in [0.2, 0.25) is 0 Å². The van der Waals surface area contributed by atoms with Gasteiger partial charge in [-0.05, 0) is 74.5 Å². The molecule has 0 radical (unpaired) electrons. The minimum atomic E-state index is -4.93. The Hall–Kier alpha value is -2.18. The van der Waals surface area contributed by atoms with Crippen LogP contribution in [0.4, 0.5) is 26.3 Å². The van der Waals surface area contributed by atoms with E-state index in [2.05, 4.69) is 4.90 Å². The van der Waals surface area contributed by atoms with E-state index in [1.165, 1.54) is 6.92 Å². The van der Waals surface area contributed by atoms with Crippen LogP contribution in [0.1, 0.15) is 60.5 Å². The summed E-state index contributed by atoms with van der Waals surface area (Å²) in [5.74, 6) is -0.148. The Morgan fingerprint density at radius 3 is 2.21 bits per heavy atom. The molecular weight excluding hydrogens is 564 g/mol. The second-order valence-electron chi connectivity index (χ2n) is 11.7. The highest BCUT2D eigenvalue weighted by molar-refractivity contribution is 5.35. The Labute approximate surface area is 242 Å². The van der Waals surface area contributed by atoms with Crippen molar-refractivity contribution in [3.63, 3.8) is 0 Å². The third-order valence-corrected chi connectivity index (χ3v) is 9.14. The summed E-state index contributed by atoms with van der Waals surface area (Å²) >= 11 is 0. The van der Waals surface area contributed by atoms with Gasteiger partial charge >= 0.3 is 12.4 Å². The van der Waals surface area contributed by atoms with Gasteiger partial charge in [0, 0.05) is 25.0 Å². The Balaban J connectivity index is 1.35. The second kappa shape index (κ2) is 12.4. The summed E-state index contributed by atoms with van der Waals surface area (Å²) in [5, 5.41) is 0. The van der Waals surface area contributed by atoms with Crippen LogP contribution < -0.4 is 0 Å². The lowest BCUT2D eigenvalue weighted by Crippen LogP contribution is -2.49. The lowest BCUT2D eigenvalue weighted by Gasteiger charge is -2.45. The lowest BCUT2D eigenvalue weighted by molar-refractivity contribution is -0.210. The molecule has 0 saturated carbocycles. The van der Waals surface area contributed by atoms with E-state index in [1.54, 1.807) is 7.11 Å². The van der Waals surface area contributed by atoms with E-state index in [-0.39, 0.29) is 35.0 Å². The first kappa shape index (κ1) is 31.3. The van der Waals surface area contributed by atoms with Gasteiger partial charge in [-0.25, -0.2) is 0 Å². The summed E-state index contributed by atoms with van der Waals surface area (Å²) in [5.41, 5.74) is -1.95. The van der Waals surface area contributed by atoms with Crippen molar-refractivity contribution in [1.82, 2.24) is 4.90 Å². The molecule has 1 spiro atoms. The van der Waals surface area contributed by atoms with E-state index in [0.29, 0.717) is 19.8 Å². The van der Waals surface area contributed by atoms with Crippen molar-refractivity contribution in [3.8, 4) is 0 Å². The number of halogens is 6. The third kappa shape index (κ3) is 6.80. The van der Waals surface area contributed by atoms with Gasteiger partial charge < -0.3 is 23.8 Å². The molecule has 3 saturated heterocycles. The molecule has 5 rings (SSSR count). The van der Waals surface area contributed by atoms with E-state index < -0.39 is 35.9 Å².